The number of ether oxygens (including phenoxy) is 1. The van der Waals surface area contributed by atoms with Crippen molar-refractivity contribution in [2.45, 2.75) is 6.54 Å². The topological polar surface area (TPSA) is 73.9 Å². The molecule has 0 aliphatic rings. The molecule has 0 aliphatic heterocycles. The summed E-state index contributed by atoms with van der Waals surface area (Å²) in [5.41, 5.74) is 6.10. The fourth-order valence-corrected chi connectivity index (χ4v) is 1.27. The molecule has 2 rings (SSSR count). The Morgan fingerprint density at radius 3 is 2.75 bits per heavy atom. The van der Waals surface area contributed by atoms with Crippen molar-refractivity contribution in [3.63, 3.8) is 0 Å². The van der Waals surface area contributed by atoms with Gasteiger partial charge in [-0.05, 0) is 0 Å². The van der Waals surface area contributed by atoms with Crippen molar-refractivity contribution in [2.24, 2.45) is 5.73 Å². The van der Waals surface area contributed by atoms with Crippen LogP contribution < -0.4 is 10.5 Å². The number of nitrogens with two attached hydrogens (primary N) is 1. The van der Waals surface area contributed by atoms with Gasteiger partial charge in [-0.3, -0.25) is 9.97 Å². The molecule has 5 nitrogen and oxygen atoms in total. The molecule has 0 fully saturated rings. The third kappa shape index (κ3) is 2.65. The summed E-state index contributed by atoms with van der Waals surface area (Å²) in [6.45, 7) is 0.317. The minimum atomic E-state index is 0.317. The van der Waals surface area contributed by atoms with E-state index in [1.807, 2.05) is 0 Å². The van der Waals surface area contributed by atoms with Gasteiger partial charge in [0.05, 0.1) is 23.1 Å². The van der Waals surface area contributed by atoms with E-state index in [1.165, 1.54) is 12.4 Å². The van der Waals surface area contributed by atoms with Gasteiger partial charge < -0.3 is 10.5 Å². The van der Waals surface area contributed by atoms with Crippen LogP contribution in [0.4, 0.5) is 0 Å². The number of hydrogen-bond acceptors (Lipinski definition) is 5. The number of halogens is 1. The summed E-state index contributed by atoms with van der Waals surface area (Å²) in [6, 6.07) is 1.64. The Morgan fingerprint density at radius 1 is 1.19 bits per heavy atom. The van der Waals surface area contributed by atoms with Crippen molar-refractivity contribution in [3.8, 4) is 11.6 Å². The molecule has 0 aliphatic carbocycles. The molecule has 0 radical (unpaired) electrons. The van der Waals surface area contributed by atoms with Gasteiger partial charge in [0.2, 0.25) is 5.88 Å². The van der Waals surface area contributed by atoms with Gasteiger partial charge in [-0.1, -0.05) is 11.6 Å². The Bertz CT molecular complexity index is 492. The molecule has 0 bridgehead atoms. The quantitative estimate of drug-likeness (QED) is 0.879. The number of rotatable bonds is 3. The monoisotopic (exact) mass is 236 g/mol. The molecule has 0 amide bonds. The second-order valence-electron chi connectivity index (χ2n) is 2.99. The van der Waals surface area contributed by atoms with E-state index in [2.05, 4.69) is 15.0 Å². The average Bonchev–Trinajstić information content (AvgIpc) is 2.29. The Kier molecular flexibility index (Phi) is 3.28. The zero-order valence-corrected chi connectivity index (χ0v) is 9.05. The first-order chi connectivity index (χ1) is 7.78. The summed E-state index contributed by atoms with van der Waals surface area (Å²) in [6.07, 6.45) is 6.15. The van der Waals surface area contributed by atoms with Crippen LogP contribution in [0.2, 0.25) is 5.02 Å². The molecule has 2 aromatic rings. The van der Waals surface area contributed by atoms with E-state index >= 15 is 0 Å². The highest BCUT2D eigenvalue weighted by atomic mass is 35.5. The van der Waals surface area contributed by atoms with Crippen molar-refractivity contribution in [1.29, 1.82) is 0 Å². The fourth-order valence-electron chi connectivity index (χ4n) is 1.10. The normalized spacial score (nSPS) is 10.1. The number of nitrogens with zero attached hydrogens (tertiary/aromatic N) is 3. The Hall–Kier alpha value is -1.72. The van der Waals surface area contributed by atoms with E-state index in [0.29, 0.717) is 28.9 Å². The maximum Gasteiger partial charge on any atom is 0.238 e. The maximum absolute atomic E-state index is 5.77. The molecule has 0 atom stereocenters. The van der Waals surface area contributed by atoms with Gasteiger partial charge in [0, 0.05) is 25.0 Å². The van der Waals surface area contributed by atoms with Gasteiger partial charge in [-0.15, -0.1) is 0 Å². The van der Waals surface area contributed by atoms with Crippen LogP contribution in [-0.2, 0) is 6.54 Å². The van der Waals surface area contributed by atoms with Crippen molar-refractivity contribution in [3.05, 3.63) is 41.6 Å². The SMILES string of the molecule is NCc1cncc(Oc2cncc(Cl)c2)n1. The van der Waals surface area contributed by atoms with Gasteiger partial charge in [0.25, 0.3) is 0 Å². The van der Waals surface area contributed by atoms with E-state index < -0.39 is 0 Å². The van der Waals surface area contributed by atoms with E-state index in [9.17, 15) is 0 Å². The van der Waals surface area contributed by atoms with Crippen LogP contribution in [0.3, 0.4) is 0 Å². The van der Waals surface area contributed by atoms with E-state index in [1.54, 1.807) is 18.5 Å². The van der Waals surface area contributed by atoms with Gasteiger partial charge in [-0.25, -0.2) is 4.98 Å². The molecule has 0 saturated heterocycles. The zero-order valence-electron chi connectivity index (χ0n) is 8.30. The molecule has 2 aromatic heterocycles. The summed E-state index contributed by atoms with van der Waals surface area (Å²) in [5.74, 6) is 0.878. The molecule has 0 aromatic carbocycles. The Morgan fingerprint density at radius 2 is 2.00 bits per heavy atom. The predicted molar refractivity (Wildman–Crippen MR) is 59.2 cm³/mol. The lowest BCUT2D eigenvalue weighted by atomic mass is 10.4. The largest absolute Gasteiger partial charge is 0.436 e. The molecule has 6 heteroatoms. The summed E-state index contributed by atoms with van der Waals surface area (Å²) >= 11 is 5.77. The second-order valence-corrected chi connectivity index (χ2v) is 3.43. The fraction of sp³-hybridized carbons (Fsp3) is 0.100. The third-order valence-electron chi connectivity index (χ3n) is 1.77. The van der Waals surface area contributed by atoms with Crippen molar-refractivity contribution >= 4 is 11.6 Å². The number of aromatic nitrogens is 3. The summed E-state index contributed by atoms with van der Waals surface area (Å²) in [5, 5.41) is 0.500. The second kappa shape index (κ2) is 4.87. The molecule has 2 N–H and O–H groups in total. The minimum Gasteiger partial charge on any atom is -0.436 e. The lowest BCUT2D eigenvalue weighted by Gasteiger charge is -2.04. The van der Waals surface area contributed by atoms with Crippen LogP contribution in [0.15, 0.2) is 30.9 Å². The van der Waals surface area contributed by atoms with Crippen LogP contribution in [-0.4, -0.2) is 15.0 Å². The van der Waals surface area contributed by atoms with E-state index in [0.717, 1.165) is 0 Å². The standard InChI is InChI=1S/C10H9ClN4O/c11-7-1-9(5-13-3-7)16-10-6-14-4-8(2-12)15-10/h1,3-6H,2,12H2. The third-order valence-corrected chi connectivity index (χ3v) is 1.98. The number of pyridine rings is 1. The first kappa shape index (κ1) is 10.8. The summed E-state index contributed by atoms with van der Waals surface area (Å²) in [4.78, 5) is 12.0. The lowest BCUT2D eigenvalue weighted by Crippen LogP contribution is -2.01. The van der Waals surface area contributed by atoms with E-state index in [4.69, 9.17) is 22.1 Å². The smallest absolute Gasteiger partial charge is 0.238 e. The maximum atomic E-state index is 5.77. The Labute approximate surface area is 97.3 Å². The average molecular weight is 237 g/mol. The van der Waals surface area contributed by atoms with Crippen molar-refractivity contribution < 1.29 is 4.74 Å². The molecule has 0 unspecified atom stereocenters. The van der Waals surface area contributed by atoms with Gasteiger partial charge >= 0.3 is 0 Å². The van der Waals surface area contributed by atoms with Gasteiger partial charge in [0.15, 0.2) is 0 Å². The lowest BCUT2D eigenvalue weighted by molar-refractivity contribution is 0.455. The zero-order chi connectivity index (χ0) is 11.4. The highest BCUT2D eigenvalue weighted by Crippen LogP contribution is 2.20. The van der Waals surface area contributed by atoms with Crippen molar-refractivity contribution in [2.75, 3.05) is 0 Å². The first-order valence-electron chi connectivity index (χ1n) is 4.57. The van der Waals surface area contributed by atoms with E-state index in [-0.39, 0.29) is 0 Å². The molecule has 16 heavy (non-hydrogen) atoms. The highest BCUT2D eigenvalue weighted by molar-refractivity contribution is 6.30. The molecular weight excluding hydrogens is 228 g/mol. The highest BCUT2D eigenvalue weighted by Gasteiger charge is 2.01. The molecular formula is C10H9ClN4O. The minimum absolute atomic E-state index is 0.317. The Balaban J connectivity index is 2.20. The molecule has 82 valence electrons. The van der Waals surface area contributed by atoms with Crippen LogP contribution in [0.25, 0.3) is 0 Å². The molecule has 0 saturated carbocycles. The van der Waals surface area contributed by atoms with Crippen LogP contribution in [0.5, 0.6) is 11.6 Å². The van der Waals surface area contributed by atoms with Crippen LogP contribution in [0.1, 0.15) is 5.69 Å². The van der Waals surface area contributed by atoms with Gasteiger partial charge in [0.1, 0.15) is 5.75 Å². The first-order valence-corrected chi connectivity index (χ1v) is 4.95. The van der Waals surface area contributed by atoms with Gasteiger partial charge in [-0.2, -0.15) is 0 Å². The number of hydrogen-bond donors (Lipinski definition) is 1. The van der Waals surface area contributed by atoms with Crippen LogP contribution in [0, 0.1) is 0 Å². The van der Waals surface area contributed by atoms with Crippen LogP contribution >= 0.6 is 11.6 Å². The van der Waals surface area contributed by atoms with Crippen molar-refractivity contribution in [1.82, 2.24) is 15.0 Å². The summed E-state index contributed by atoms with van der Waals surface area (Å²) in [7, 11) is 0. The molecule has 0 spiro atoms. The summed E-state index contributed by atoms with van der Waals surface area (Å²) < 4.78 is 5.43. The predicted octanol–water partition coefficient (Wildman–Crippen LogP) is 1.78. The molecule has 2 heterocycles.